The number of amides is 1. The van der Waals surface area contributed by atoms with Gasteiger partial charge in [-0.05, 0) is 60.9 Å². The number of benzene rings is 2. The minimum atomic E-state index is -0.917. The summed E-state index contributed by atoms with van der Waals surface area (Å²) in [6.07, 6.45) is 2.60. The van der Waals surface area contributed by atoms with Gasteiger partial charge in [-0.3, -0.25) is 9.59 Å². The molecule has 1 amide bonds. The molecular formula is C21H21NO4S. The van der Waals surface area contributed by atoms with Crippen LogP contribution in [0.25, 0.3) is 0 Å². The number of nitrogens with zero attached hydrogens (tertiary/aromatic N) is 1. The fraction of sp³-hybridized carbons (Fsp3) is 0.286. The number of ketones is 1. The SMILES string of the molecule is CCCN1C(=O)C(=O)c2cc(SCCCc3ccc(C(=O)O)cc3)ccc21. The van der Waals surface area contributed by atoms with Crippen LogP contribution < -0.4 is 4.90 Å². The highest BCUT2D eigenvalue weighted by molar-refractivity contribution is 7.99. The topological polar surface area (TPSA) is 74.7 Å². The Labute approximate surface area is 162 Å². The molecule has 2 aromatic carbocycles. The molecule has 6 heteroatoms. The van der Waals surface area contributed by atoms with Gasteiger partial charge in [0.05, 0.1) is 16.8 Å². The third-order valence-corrected chi connectivity index (χ3v) is 5.55. The number of carbonyl (C=O) groups excluding carboxylic acids is 2. The molecule has 0 radical (unpaired) electrons. The van der Waals surface area contributed by atoms with Gasteiger partial charge in [0.15, 0.2) is 0 Å². The average molecular weight is 383 g/mol. The van der Waals surface area contributed by atoms with E-state index < -0.39 is 17.7 Å². The van der Waals surface area contributed by atoms with Crippen LogP contribution in [0.2, 0.25) is 0 Å². The second-order valence-electron chi connectivity index (χ2n) is 6.42. The van der Waals surface area contributed by atoms with Gasteiger partial charge < -0.3 is 10.0 Å². The predicted molar refractivity (Wildman–Crippen MR) is 106 cm³/mol. The van der Waals surface area contributed by atoms with Crippen molar-refractivity contribution in [2.45, 2.75) is 31.1 Å². The fourth-order valence-electron chi connectivity index (χ4n) is 3.10. The van der Waals surface area contributed by atoms with Crippen molar-refractivity contribution < 1.29 is 19.5 Å². The van der Waals surface area contributed by atoms with Crippen molar-refractivity contribution in [1.82, 2.24) is 0 Å². The van der Waals surface area contributed by atoms with E-state index in [-0.39, 0.29) is 0 Å². The van der Waals surface area contributed by atoms with Gasteiger partial charge in [0.1, 0.15) is 0 Å². The number of carbonyl (C=O) groups is 3. The molecule has 1 aliphatic rings. The van der Waals surface area contributed by atoms with E-state index in [1.807, 2.05) is 37.3 Å². The summed E-state index contributed by atoms with van der Waals surface area (Å²) in [7, 11) is 0. The van der Waals surface area contributed by atoms with Crippen molar-refractivity contribution in [2.75, 3.05) is 17.2 Å². The summed E-state index contributed by atoms with van der Waals surface area (Å²) in [4.78, 5) is 37.7. The largest absolute Gasteiger partial charge is 0.478 e. The zero-order chi connectivity index (χ0) is 19.4. The molecule has 1 heterocycles. The Morgan fingerprint density at radius 1 is 1.11 bits per heavy atom. The lowest BCUT2D eigenvalue weighted by molar-refractivity contribution is -0.114. The highest BCUT2D eigenvalue weighted by Crippen LogP contribution is 2.33. The molecule has 0 spiro atoms. The maximum Gasteiger partial charge on any atom is 0.335 e. The zero-order valence-electron chi connectivity index (χ0n) is 15.1. The monoisotopic (exact) mass is 383 g/mol. The van der Waals surface area contributed by atoms with E-state index in [0.29, 0.717) is 17.7 Å². The highest BCUT2D eigenvalue weighted by Gasteiger charge is 2.35. The van der Waals surface area contributed by atoms with Crippen molar-refractivity contribution in [2.24, 2.45) is 0 Å². The number of hydrogen-bond donors (Lipinski definition) is 1. The van der Waals surface area contributed by atoms with Crippen molar-refractivity contribution in [1.29, 1.82) is 0 Å². The van der Waals surface area contributed by atoms with E-state index >= 15 is 0 Å². The van der Waals surface area contributed by atoms with Gasteiger partial charge in [-0.15, -0.1) is 11.8 Å². The zero-order valence-corrected chi connectivity index (χ0v) is 15.9. The number of carboxylic acids is 1. The van der Waals surface area contributed by atoms with E-state index in [0.717, 1.165) is 41.2 Å². The van der Waals surface area contributed by atoms with Gasteiger partial charge in [0.25, 0.3) is 11.7 Å². The molecule has 2 aromatic rings. The van der Waals surface area contributed by atoms with Crippen LogP contribution in [0.3, 0.4) is 0 Å². The number of thioether (sulfide) groups is 1. The van der Waals surface area contributed by atoms with Crippen LogP contribution in [-0.2, 0) is 11.2 Å². The molecule has 0 atom stereocenters. The normalized spacial score (nSPS) is 13.1. The summed E-state index contributed by atoms with van der Waals surface area (Å²) >= 11 is 1.66. The molecule has 3 rings (SSSR count). The number of rotatable bonds is 8. The Morgan fingerprint density at radius 2 is 1.85 bits per heavy atom. The number of aromatic carboxylic acids is 1. The van der Waals surface area contributed by atoms with Crippen LogP contribution in [0, 0.1) is 0 Å². The average Bonchev–Trinajstić information content (AvgIpc) is 2.90. The summed E-state index contributed by atoms with van der Waals surface area (Å²) in [5.74, 6) is -0.891. The molecule has 27 heavy (non-hydrogen) atoms. The Balaban J connectivity index is 1.56. The van der Waals surface area contributed by atoms with Gasteiger partial charge in [-0.25, -0.2) is 4.79 Å². The Kier molecular flexibility index (Phi) is 5.96. The maximum absolute atomic E-state index is 12.2. The van der Waals surface area contributed by atoms with Gasteiger partial charge >= 0.3 is 5.97 Å². The first-order valence-corrected chi connectivity index (χ1v) is 9.95. The minimum Gasteiger partial charge on any atom is -0.478 e. The second kappa shape index (κ2) is 8.39. The lowest BCUT2D eigenvalue weighted by Gasteiger charge is -2.15. The number of Topliss-reactive ketones (excluding diaryl/α,β-unsaturated/α-hetero) is 1. The summed E-state index contributed by atoms with van der Waals surface area (Å²) in [6, 6.07) is 12.6. The third kappa shape index (κ3) is 4.22. The van der Waals surface area contributed by atoms with Crippen LogP contribution in [0.1, 0.15) is 46.0 Å². The van der Waals surface area contributed by atoms with Crippen LogP contribution >= 0.6 is 11.8 Å². The molecule has 0 saturated heterocycles. The van der Waals surface area contributed by atoms with Crippen molar-refractivity contribution in [3.05, 3.63) is 59.2 Å². The van der Waals surface area contributed by atoms with Gasteiger partial charge in [0.2, 0.25) is 0 Å². The maximum atomic E-state index is 12.2. The standard InChI is InChI=1S/C21H21NO4S/c1-2-11-22-18-10-9-16(13-17(18)19(23)20(22)24)27-12-3-4-14-5-7-15(8-6-14)21(25)26/h5-10,13H,2-4,11-12H2,1H3,(H,25,26). The van der Waals surface area contributed by atoms with E-state index in [9.17, 15) is 14.4 Å². The first-order chi connectivity index (χ1) is 13.0. The van der Waals surface area contributed by atoms with E-state index in [2.05, 4.69) is 0 Å². The van der Waals surface area contributed by atoms with Gasteiger partial charge in [-0.1, -0.05) is 19.1 Å². The first kappa shape index (κ1) is 19.2. The molecule has 140 valence electrons. The summed E-state index contributed by atoms with van der Waals surface area (Å²) < 4.78 is 0. The molecule has 0 unspecified atom stereocenters. The number of hydrogen-bond acceptors (Lipinski definition) is 4. The number of anilines is 1. The van der Waals surface area contributed by atoms with Crippen molar-refractivity contribution >= 4 is 35.1 Å². The quantitative estimate of drug-likeness (QED) is 0.423. The Hall–Kier alpha value is -2.60. The molecule has 0 saturated carbocycles. The van der Waals surface area contributed by atoms with E-state index in [1.54, 1.807) is 28.8 Å². The van der Waals surface area contributed by atoms with Crippen LogP contribution in [0.5, 0.6) is 0 Å². The molecular weight excluding hydrogens is 362 g/mol. The molecule has 5 nitrogen and oxygen atoms in total. The van der Waals surface area contributed by atoms with Crippen LogP contribution in [-0.4, -0.2) is 35.1 Å². The molecule has 0 fully saturated rings. The third-order valence-electron chi connectivity index (χ3n) is 4.47. The highest BCUT2D eigenvalue weighted by atomic mass is 32.2. The Bertz CT molecular complexity index is 876. The smallest absolute Gasteiger partial charge is 0.335 e. The van der Waals surface area contributed by atoms with E-state index in [1.165, 1.54) is 0 Å². The molecule has 1 N–H and O–H groups in total. The van der Waals surface area contributed by atoms with E-state index in [4.69, 9.17) is 5.11 Å². The van der Waals surface area contributed by atoms with Crippen LogP contribution in [0.4, 0.5) is 5.69 Å². The fourth-order valence-corrected chi connectivity index (χ4v) is 3.99. The van der Waals surface area contributed by atoms with Crippen molar-refractivity contribution in [3.63, 3.8) is 0 Å². The molecule has 0 aliphatic carbocycles. The lowest BCUT2D eigenvalue weighted by atomic mass is 10.1. The summed E-state index contributed by atoms with van der Waals surface area (Å²) in [5, 5.41) is 8.91. The summed E-state index contributed by atoms with van der Waals surface area (Å²) in [5.41, 5.74) is 2.62. The van der Waals surface area contributed by atoms with Crippen LogP contribution in [0.15, 0.2) is 47.4 Å². The molecule has 0 bridgehead atoms. The number of fused-ring (bicyclic) bond motifs is 1. The second-order valence-corrected chi connectivity index (χ2v) is 7.59. The van der Waals surface area contributed by atoms with Gasteiger partial charge in [-0.2, -0.15) is 0 Å². The Morgan fingerprint density at radius 3 is 2.52 bits per heavy atom. The van der Waals surface area contributed by atoms with Gasteiger partial charge in [0, 0.05) is 11.4 Å². The number of carboxylic acid groups (broad SMARTS) is 1. The minimum absolute atomic E-state index is 0.294. The number of aryl methyl sites for hydroxylation is 1. The van der Waals surface area contributed by atoms with Crippen molar-refractivity contribution in [3.8, 4) is 0 Å². The molecule has 1 aliphatic heterocycles. The lowest BCUT2D eigenvalue weighted by Crippen LogP contribution is -2.30. The summed E-state index contributed by atoms with van der Waals surface area (Å²) in [6.45, 7) is 2.54. The molecule has 0 aromatic heterocycles. The predicted octanol–water partition coefficient (Wildman–Crippen LogP) is 4.05. The first-order valence-electron chi connectivity index (χ1n) is 8.96.